The molecule has 0 fully saturated rings. The zero-order valence-electron chi connectivity index (χ0n) is 16.6. The van der Waals surface area contributed by atoms with E-state index in [1.165, 1.54) is 27.8 Å². The van der Waals surface area contributed by atoms with Gasteiger partial charge in [0.2, 0.25) is 12.5 Å². The first-order chi connectivity index (χ1) is 14.2. The summed E-state index contributed by atoms with van der Waals surface area (Å²) in [5.74, 6) is 3.26. The molecular formula is C23H23INO4+. The number of fused-ring (bicyclic) bond motifs is 5. The van der Waals surface area contributed by atoms with Gasteiger partial charge in [-0.05, 0) is 47.1 Å². The number of hydrogen-bond acceptors (Lipinski definition) is 4. The van der Waals surface area contributed by atoms with Crippen molar-refractivity contribution in [3.8, 4) is 34.3 Å². The van der Waals surface area contributed by atoms with Gasteiger partial charge in [0.15, 0.2) is 35.7 Å². The van der Waals surface area contributed by atoms with Gasteiger partial charge in [-0.15, -0.1) is 0 Å². The van der Waals surface area contributed by atoms with Gasteiger partial charge in [0.25, 0.3) is 0 Å². The van der Waals surface area contributed by atoms with Gasteiger partial charge in [0, 0.05) is 17.4 Å². The number of nitrogens with zero attached hydrogens (tertiary/aromatic N) is 1. The van der Waals surface area contributed by atoms with E-state index in [-0.39, 0.29) is 0 Å². The molecule has 3 heterocycles. The standard InChI is InChI=1S/C23H23INO4/c1-26-19-6-5-15-16(4-3-8-24)22-17-11-21-20(28-13-29-21)10-14(17)7-9-25(22)12-18(15)23(19)27-2/h5-6,10-12H,3-4,7-9,13H2,1-2H3/q+1. The Morgan fingerprint density at radius 2 is 1.90 bits per heavy atom. The lowest BCUT2D eigenvalue weighted by Crippen LogP contribution is -2.41. The minimum absolute atomic E-state index is 0.300. The maximum atomic E-state index is 5.75. The first-order valence-corrected chi connectivity index (χ1v) is 11.4. The number of rotatable bonds is 5. The number of hydrogen-bond donors (Lipinski definition) is 0. The van der Waals surface area contributed by atoms with Gasteiger partial charge in [-0.1, -0.05) is 22.6 Å². The van der Waals surface area contributed by atoms with E-state index in [4.69, 9.17) is 18.9 Å². The smallest absolute Gasteiger partial charge is 0.231 e. The third kappa shape index (κ3) is 2.99. The maximum Gasteiger partial charge on any atom is 0.231 e. The SMILES string of the molecule is COc1ccc2c(CCCI)c3[n+](cc2c1OC)CCc1cc2c(cc1-3)OCO2. The quantitative estimate of drug-likeness (QED) is 0.292. The van der Waals surface area contributed by atoms with Crippen LogP contribution in [0.4, 0.5) is 0 Å². The van der Waals surface area contributed by atoms with Crippen LogP contribution in [0, 0.1) is 0 Å². The first-order valence-electron chi connectivity index (χ1n) is 9.84. The van der Waals surface area contributed by atoms with Gasteiger partial charge in [-0.25, -0.2) is 0 Å². The van der Waals surface area contributed by atoms with Crippen molar-refractivity contribution in [1.29, 1.82) is 0 Å². The predicted octanol–water partition coefficient (Wildman–Crippen LogP) is 4.46. The van der Waals surface area contributed by atoms with Crippen molar-refractivity contribution in [1.82, 2.24) is 0 Å². The van der Waals surface area contributed by atoms with Crippen LogP contribution in [0.1, 0.15) is 17.5 Å². The molecule has 0 saturated heterocycles. The van der Waals surface area contributed by atoms with E-state index < -0.39 is 0 Å². The van der Waals surface area contributed by atoms with Crippen LogP contribution in [-0.2, 0) is 19.4 Å². The summed E-state index contributed by atoms with van der Waals surface area (Å²) >= 11 is 2.45. The van der Waals surface area contributed by atoms with Gasteiger partial charge >= 0.3 is 0 Å². The fourth-order valence-electron chi connectivity index (χ4n) is 4.51. The van der Waals surface area contributed by atoms with Crippen molar-refractivity contribution in [2.75, 3.05) is 25.4 Å². The van der Waals surface area contributed by atoms with Crippen molar-refractivity contribution in [3.63, 3.8) is 0 Å². The second-order valence-corrected chi connectivity index (χ2v) is 8.40. The lowest BCUT2D eigenvalue weighted by molar-refractivity contribution is -0.686. The Balaban J connectivity index is 1.81. The maximum absolute atomic E-state index is 5.75. The van der Waals surface area contributed by atoms with Crippen LogP contribution in [0.3, 0.4) is 0 Å². The molecule has 29 heavy (non-hydrogen) atoms. The van der Waals surface area contributed by atoms with Gasteiger partial charge in [-0.3, -0.25) is 0 Å². The topological polar surface area (TPSA) is 40.8 Å². The summed E-state index contributed by atoms with van der Waals surface area (Å²) in [6.45, 7) is 1.23. The Kier molecular flexibility index (Phi) is 4.89. The average molecular weight is 504 g/mol. The molecule has 150 valence electrons. The molecule has 0 amide bonds. The third-order valence-corrected chi connectivity index (χ3v) is 6.57. The second kappa shape index (κ2) is 7.55. The highest BCUT2D eigenvalue weighted by molar-refractivity contribution is 14.1. The fourth-order valence-corrected chi connectivity index (χ4v) is 4.89. The molecule has 0 bridgehead atoms. The molecule has 0 N–H and O–H groups in total. The molecule has 2 aliphatic heterocycles. The lowest BCUT2D eigenvalue weighted by atomic mass is 9.89. The van der Waals surface area contributed by atoms with Crippen LogP contribution in [0.25, 0.3) is 22.0 Å². The number of methoxy groups -OCH3 is 2. The zero-order valence-corrected chi connectivity index (χ0v) is 18.7. The number of aryl methyl sites for hydroxylation is 3. The number of ether oxygens (including phenoxy) is 4. The molecule has 5 rings (SSSR count). The molecule has 1 aromatic heterocycles. The monoisotopic (exact) mass is 504 g/mol. The summed E-state index contributed by atoms with van der Waals surface area (Å²) in [5, 5.41) is 2.33. The molecule has 0 saturated carbocycles. The van der Waals surface area contributed by atoms with Crippen molar-refractivity contribution in [2.24, 2.45) is 0 Å². The van der Waals surface area contributed by atoms with Crippen molar-refractivity contribution >= 4 is 33.4 Å². The lowest BCUT2D eigenvalue weighted by Gasteiger charge is -2.21. The Bertz CT molecular complexity index is 1110. The predicted molar refractivity (Wildman–Crippen MR) is 120 cm³/mol. The Morgan fingerprint density at radius 1 is 1.07 bits per heavy atom. The summed E-state index contributed by atoms with van der Waals surface area (Å²) < 4.78 is 26.1. The molecule has 0 unspecified atom stereocenters. The van der Waals surface area contributed by atoms with E-state index in [2.05, 4.69) is 51.6 Å². The van der Waals surface area contributed by atoms with Crippen LogP contribution < -0.4 is 23.5 Å². The van der Waals surface area contributed by atoms with Gasteiger partial charge in [0.05, 0.1) is 25.2 Å². The van der Waals surface area contributed by atoms with E-state index in [0.717, 1.165) is 58.6 Å². The Hall–Kier alpha value is -2.22. The summed E-state index contributed by atoms with van der Waals surface area (Å²) in [6, 6.07) is 8.49. The number of pyridine rings is 1. The highest BCUT2D eigenvalue weighted by Gasteiger charge is 2.32. The van der Waals surface area contributed by atoms with Crippen molar-refractivity contribution in [2.45, 2.75) is 25.8 Å². The van der Waals surface area contributed by atoms with E-state index in [1.54, 1.807) is 14.2 Å². The summed E-state index contributed by atoms with van der Waals surface area (Å²) in [5.41, 5.74) is 5.22. The minimum Gasteiger partial charge on any atom is -0.493 e. The minimum atomic E-state index is 0.300. The molecule has 2 aromatic carbocycles. The molecule has 0 radical (unpaired) electrons. The van der Waals surface area contributed by atoms with Gasteiger partial charge in [0.1, 0.15) is 0 Å². The fraction of sp³-hybridized carbons (Fsp3) is 0.348. The van der Waals surface area contributed by atoms with Gasteiger partial charge in [-0.2, -0.15) is 4.57 Å². The Labute approximate surface area is 183 Å². The largest absolute Gasteiger partial charge is 0.493 e. The molecule has 2 aliphatic rings. The molecule has 5 nitrogen and oxygen atoms in total. The van der Waals surface area contributed by atoms with Crippen LogP contribution in [0.15, 0.2) is 30.5 Å². The molecular weight excluding hydrogens is 481 g/mol. The van der Waals surface area contributed by atoms with E-state index in [0.29, 0.717) is 6.79 Å². The van der Waals surface area contributed by atoms with Crippen LogP contribution in [0.2, 0.25) is 0 Å². The summed E-state index contributed by atoms with van der Waals surface area (Å²) in [7, 11) is 3.40. The normalized spacial score (nSPS) is 13.9. The second-order valence-electron chi connectivity index (χ2n) is 7.32. The summed E-state index contributed by atoms with van der Waals surface area (Å²) in [4.78, 5) is 0. The van der Waals surface area contributed by atoms with Crippen LogP contribution in [-0.4, -0.2) is 25.4 Å². The molecule has 3 aromatic rings. The highest BCUT2D eigenvalue weighted by Crippen LogP contribution is 2.43. The third-order valence-electron chi connectivity index (χ3n) is 5.80. The number of benzene rings is 2. The molecule has 0 atom stereocenters. The number of halogens is 1. The van der Waals surface area contributed by atoms with Crippen molar-refractivity contribution < 1.29 is 23.5 Å². The van der Waals surface area contributed by atoms with E-state index >= 15 is 0 Å². The molecule has 0 aliphatic carbocycles. The first kappa shape index (κ1) is 18.8. The molecule has 6 heteroatoms. The average Bonchev–Trinajstić information content (AvgIpc) is 3.21. The summed E-state index contributed by atoms with van der Waals surface area (Å²) in [6.07, 6.45) is 5.32. The zero-order chi connectivity index (χ0) is 20.0. The van der Waals surface area contributed by atoms with Crippen molar-refractivity contribution in [3.05, 3.63) is 41.6 Å². The number of aromatic nitrogens is 1. The van der Waals surface area contributed by atoms with Crippen LogP contribution in [0.5, 0.6) is 23.0 Å². The van der Waals surface area contributed by atoms with E-state index in [9.17, 15) is 0 Å². The van der Waals surface area contributed by atoms with E-state index in [1.807, 2.05) is 6.07 Å². The Morgan fingerprint density at radius 3 is 2.66 bits per heavy atom. The van der Waals surface area contributed by atoms with Crippen LogP contribution >= 0.6 is 22.6 Å². The molecule has 0 spiro atoms. The highest BCUT2D eigenvalue weighted by atomic mass is 127. The number of alkyl halides is 1. The van der Waals surface area contributed by atoms with Gasteiger partial charge < -0.3 is 18.9 Å².